The van der Waals surface area contributed by atoms with E-state index < -0.39 is 21.9 Å². The summed E-state index contributed by atoms with van der Waals surface area (Å²) in [5.41, 5.74) is 5.76. The highest BCUT2D eigenvalue weighted by Crippen LogP contribution is 2.16. The van der Waals surface area contributed by atoms with Gasteiger partial charge in [-0.3, -0.25) is 4.79 Å². The Hall–Kier alpha value is -1.44. The van der Waals surface area contributed by atoms with Crippen LogP contribution in [0, 0.1) is 5.92 Å². The Morgan fingerprint density at radius 2 is 1.95 bits per heavy atom. The molecule has 0 spiro atoms. The van der Waals surface area contributed by atoms with Crippen LogP contribution < -0.4 is 15.6 Å². The third kappa shape index (κ3) is 4.03. The molecule has 0 bridgehead atoms. The van der Waals surface area contributed by atoms with Gasteiger partial charge in [0.15, 0.2) is 0 Å². The van der Waals surface area contributed by atoms with Crippen molar-refractivity contribution >= 4 is 15.8 Å². The summed E-state index contributed by atoms with van der Waals surface area (Å²) in [7, 11) is -1.76. The average molecular weight is 299 g/mol. The molecule has 1 aromatic rings. The quantitative estimate of drug-likeness (QED) is 0.854. The smallest absolute Gasteiger partial charge is 0.272 e. The number of hydrogen-bond donors (Lipinski definition) is 2. The third-order valence-electron chi connectivity index (χ3n) is 3.16. The molecule has 0 heterocycles. The molecule has 0 aliphatic heterocycles. The van der Waals surface area contributed by atoms with Gasteiger partial charge in [-0.05, 0) is 30.2 Å². The molecule has 0 aromatic heterocycles. The van der Waals surface area contributed by atoms with Crippen molar-refractivity contribution in [2.24, 2.45) is 21.2 Å². The standard InChI is InChI=1S/C13H21N3O3S/c1-4-9(2)12(14)13(17)16-20(15,18)11-7-5-10(19-3)6-8-11/h5-9,12H,4,14H2,1-3H3,(H2,15,16,17,18)/t9-,12-,20?/m0/s1. The van der Waals surface area contributed by atoms with Crippen molar-refractivity contribution in [1.82, 2.24) is 0 Å². The predicted octanol–water partition coefficient (Wildman–Crippen LogP) is 1.30. The molecule has 1 aromatic carbocycles. The van der Waals surface area contributed by atoms with Gasteiger partial charge in [0.05, 0.1) is 18.0 Å². The van der Waals surface area contributed by atoms with E-state index in [1.807, 2.05) is 13.8 Å². The summed E-state index contributed by atoms with van der Waals surface area (Å²) in [5.74, 6) is -0.0773. The van der Waals surface area contributed by atoms with Crippen molar-refractivity contribution in [2.75, 3.05) is 7.11 Å². The normalized spacial score (nSPS) is 16.9. The lowest BCUT2D eigenvalue weighted by molar-refractivity contribution is -0.119. The topological polar surface area (TPSA) is 108 Å². The second-order valence-electron chi connectivity index (χ2n) is 4.59. The number of amides is 1. The average Bonchev–Trinajstić information content (AvgIpc) is 2.45. The maximum Gasteiger partial charge on any atom is 0.272 e. The molecule has 0 saturated heterocycles. The minimum absolute atomic E-state index is 0.0442. The van der Waals surface area contributed by atoms with Crippen LogP contribution in [0.3, 0.4) is 0 Å². The van der Waals surface area contributed by atoms with Gasteiger partial charge in [-0.2, -0.15) is 0 Å². The Morgan fingerprint density at radius 3 is 2.40 bits per heavy atom. The summed E-state index contributed by atoms with van der Waals surface area (Å²) < 4.78 is 20.9. The Kier molecular flexibility index (Phi) is 5.67. The number of nitrogens with two attached hydrogens (primary N) is 2. The van der Waals surface area contributed by atoms with E-state index in [-0.39, 0.29) is 10.8 Å². The highest BCUT2D eigenvalue weighted by atomic mass is 32.2. The van der Waals surface area contributed by atoms with E-state index in [2.05, 4.69) is 4.36 Å². The maximum atomic E-state index is 12.3. The molecule has 3 atom stereocenters. The molecule has 0 fully saturated rings. The first-order chi connectivity index (χ1) is 9.31. The number of rotatable bonds is 5. The molecule has 0 saturated carbocycles. The lowest BCUT2D eigenvalue weighted by Crippen LogP contribution is -2.36. The zero-order valence-corrected chi connectivity index (χ0v) is 12.7. The summed E-state index contributed by atoms with van der Waals surface area (Å²) in [5, 5.41) is 5.65. The van der Waals surface area contributed by atoms with Gasteiger partial charge in [-0.1, -0.05) is 20.3 Å². The van der Waals surface area contributed by atoms with Gasteiger partial charge in [0.25, 0.3) is 5.91 Å². The molecule has 20 heavy (non-hydrogen) atoms. The van der Waals surface area contributed by atoms with Crippen LogP contribution in [0.2, 0.25) is 0 Å². The van der Waals surface area contributed by atoms with E-state index in [0.717, 1.165) is 6.42 Å². The lowest BCUT2D eigenvalue weighted by atomic mass is 10.00. The molecule has 112 valence electrons. The summed E-state index contributed by atoms with van der Waals surface area (Å²) >= 11 is 0. The van der Waals surface area contributed by atoms with Crippen LogP contribution in [0.1, 0.15) is 20.3 Å². The lowest BCUT2D eigenvalue weighted by Gasteiger charge is -2.14. The SMILES string of the molecule is CC[C@H](C)[C@H](N)C(=O)N=S(N)(=O)c1ccc(OC)cc1. The van der Waals surface area contributed by atoms with Crippen molar-refractivity contribution in [2.45, 2.75) is 31.2 Å². The Balaban J connectivity index is 3.05. The Bertz CT molecular complexity index is 577. The number of nitrogens with zero attached hydrogens (tertiary/aromatic N) is 1. The number of methoxy groups -OCH3 is 1. The Morgan fingerprint density at radius 1 is 1.40 bits per heavy atom. The summed E-state index contributed by atoms with van der Waals surface area (Å²) in [6.45, 7) is 3.75. The fourth-order valence-electron chi connectivity index (χ4n) is 1.52. The maximum absolute atomic E-state index is 12.3. The van der Waals surface area contributed by atoms with Gasteiger partial charge in [-0.15, -0.1) is 4.36 Å². The van der Waals surface area contributed by atoms with Crippen LogP contribution in [0.5, 0.6) is 5.75 Å². The molecule has 1 rings (SSSR count). The second-order valence-corrected chi connectivity index (χ2v) is 6.38. The van der Waals surface area contributed by atoms with Crippen LogP contribution in [0.4, 0.5) is 0 Å². The number of benzene rings is 1. The fourth-order valence-corrected chi connectivity index (χ4v) is 2.54. The largest absolute Gasteiger partial charge is 0.497 e. The molecular weight excluding hydrogens is 278 g/mol. The molecule has 0 aliphatic rings. The van der Waals surface area contributed by atoms with Crippen molar-refractivity contribution in [1.29, 1.82) is 0 Å². The second kappa shape index (κ2) is 6.83. The zero-order valence-electron chi connectivity index (χ0n) is 11.9. The first-order valence-electron chi connectivity index (χ1n) is 6.30. The number of carbonyl (C=O) groups excluding carboxylic acids is 1. The highest BCUT2D eigenvalue weighted by molar-refractivity contribution is 7.91. The minimum Gasteiger partial charge on any atom is -0.497 e. The first-order valence-corrected chi connectivity index (χ1v) is 7.88. The van der Waals surface area contributed by atoms with Crippen LogP contribution in [-0.4, -0.2) is 23.3 Å². The van der Waals surface area contributed by atoms with Gasteiger partial charge in [-0.25, -0.2) is 9.35 Å². The van der Waals surface area contributed by atoms with Crippen molar-refractivity contribution in [3.05, 3.63) is 24.3 Å². The van der Waals surface area contributed by atoms with Gasteiger partial charge in [0.1, 0.15) is 15.7 Å². The number of carbonyl (C=O) groups is 1. The minimum atomic E-state index is -3.28. The van der Waals surface area contributed by atoms with Crippen LogP contribution >= 0.6 is 0 Å². The third-order valence-corrected chi connectivity index (χ3v) is 4.56. The molecular formula is C13H21N3O3S. The van der Waals surface area contributed by atoms with Crippen LogP contribution in [0.15, 0.2) is 33.5 Å². The van der Waals surface area contributed by atoms with E-state index >= 15 is 0 Å². The van der Waals surface area contributed by atoms with E-state index in [1.165, 1.54) is 19.2 Å². The van der Waals surface area contributed by atoms with Crippen LogP contribution in [-0.2, 0) is 14.7 Å². The van der Waals surface area contributed by atoms with Gasteiger partial charge in [0, 0.05) is 0 Å². The monoisotopic (exact) mass is 299 g/mol. The summed E-state index contributed by atoms with van der Waals surface area (Å²) in [4.78, 5) is 12.1. The molecule has 1 unspecified atom stereocenters. The molecule has 1 amide bonds. The zero-order chi connectivity index (χ0) is 15.3. The number of ether oxygens (including phenoxy) is 1. The Labute approximate surface area is 119 Å². The highest BCUT2D eigenvalue weighted by Gasteiger charge is 2.21. The van der Waals surface area contributed by atoms with Crippen molar-refractivity contribution < 1.29 is 13.7 Å². The van der Waals surface area contributed by atoms with E-state index in [1.54, 1.807) is 12.1 Å². The molecule has 7 heteroatoms. The van der Waals surface area contributed by atoms with E-state index in [4.69, 9.17) is 15.6 Å². The molecule has 0 radical (unpaired) electrons. The van der Waals surface area contributed by atoms with Crippen molar-refractivity contribution in [3.8, 4) is 5.75 Å². The molecule has 6 nitrogen and oxygen atoms in total. The van der Waals surface area contributed by atoms with Gasteiger partial charge >= 0.3 is 0 Å². The fraction of sp³-hybridized carbons (Fsp3) is 0.462. The number of hydrogen-bond acceptors (Lipinski definition) is 4. The van der Waals surface area contributed by atoms with E-state index in [0.29, 0.717) is 5.75 Å². The van der Waals surface area contributed by atoms with Crippen molar-refractivity contribution in [3.63, 3.8) is 0 Å². The predicted molar refractivity (Wildman–Crippen MR) is 78.5 cm³/mol. The van der Waals surface area contributed by atoms with Gasteiger partial charge in [0.2, 0.25) is 0 Å². The van der Waals surface area contributed by atoms with Crippen LogP contribution in [0.25, 0.3) is 0 Å². The first kappa shape index (κ1) is 16.6. The molecule has 0 aliphatic carbocycles. The van der Waals surface area contributed by atoms with Gasteiger partial charge < -0.3 is 10.5 Å². The van der Waals surface area contributed by atoms with E-state index in [9.17, 15) is 9.00 Å². The summed E-state index contributed by atoms with van der Waals surface area (Å²) in [6, 6.07) is 5.47. The molecule has 4 N–H and O–H groups in total. The summed E-state index contributed by atoms with van der Waals surface area (Å²) in [6.07, 6.45) is 0.733.